The number of carbonyl (C=O) groups is 1. The Kier molecular flexibility index (Phi) is 5.85. The van der Waals surface area contributed by atoms with Crippen molar-refractivity contribution in [2.45, 2.75) is 12.1 Å². The summed E-state index contributed by atoms with van der Waals surface area (Å²) in [7, 11) is 0. The van der Waals surface area contributed by atoms with E-state index in [1.54, 1.807) is 24.3 Å². The lowest BCUT2D eigenvalue weighted by molar-refractivity contribution is -0.113. The summed E-state index contributed by atoms with van der Waals surface area (Å²) < 4.78 is 7.57. The van der Waals surface area contributed by atoms with Crippen LogP contribution in [0.25, 0.3) is 28.4 Å². The van der Waals surface area contributed by atoms with Crippen LogP contribution in [0.3, 0.4) is 0 Å². The topological polar surface area (TPSA) is 85.3 Å². The van der Waals surface area contributed by atoms with Gasteiger partial charge in [0.25, 0.3) is 5.22 Å². The molecule has 3 heterocycles. The summed E-state index contributed by atoms with van der Waals surface area (Å²) in [5.74, 6) is 0.901. The number of thioether (sulfide) groups is 1. The average molecular weight is 476 g/mol. The second kappa shape index (κ2) is 9.09. The first-order chi connectivity index (χ1) is 16.1. The Bertz CT molecular complexity index is 1430. The van der Waals surface area contributed by atoms with Crippen molar-refractivity contribution >= 4 is 40.7 Å². The summed E-state index contributed by atoms with van der Waals surface area (Å²) in [4.78, 5) is 17.6. The average Bonchev–Trinajstić information content (AvgIpc) is 3.45. The molecule has 0 aliphatic heterocycles. The number of imidazole rings is 1. The van der Waals surface area contributed by atoms with Gasteiger partial charge < -0.3 is 9.73 Å². The molecule has 0 aliphatic rings. The van der Waals surface area contributed by atoms with Crippen molar-refractivity contribution in [1.29, 1.82) is 0 Å². The number of halogens is 1. The van der Waals surface area contributed by atoms with Gasteiger partial charge in [-0.2, -0.15) is 0 Å². The second-order valence-electron chi connectivity index (χ2n) is 7.28. The molecule has 1 amide bonds. The molecule has 0 fully saturated rings. The van der Waals surface area contributed by atoms with Crippen LogP contribution in [0.4, 0.5) is 5.82 Å². The maximum absolute atomic E-state index is 12.8. The first kappa shape index (κ1) is 21.2. The predicted molar refractivity (Wildman–Crippen MR) is 129 cm³/mol. The van der Waals surface area contributed by atoms with Gasteiger partial charge in [-0.25, -0.2) is 4.98 Å². The largest absolute Gasteiger partial charge is 0.411 e. The van der Waals surface area contributed by atoms with Gasteiger partial charge in [0.15, 0.2) is 0 Å². The van der Waals surface area contributed by atoms with Crippen molar-refractivity contribution < 1.29 is 9.21 Å². The molecular weight excluding hydrogens is 458 g/mol. The Labute approximate surface area is 198 Å². The third-order valence-electron chi connectivity index (χ3n) is 4.97. The van der Waals surface area contributed by atoms with E-state index in [9.17, 15) is 4.79 Å². The molecule has 0 atom stereocenters. The number of pyridine rings is 1. The minimum atomic E-state index is -0.202. The Hall–Kier alpha value is -3.62. The molecule has 33 heavy (non-hydrogen) atoms. The first-order valence-electron chi connectivity index (χ1n) is 10.1. The quantitative estimate of drug-likeness (QED) is 0.315. The molecule has 9 heteroatoms. The van der Waals surface area contributed by atoms with Crippen LogP contribution in [0.1, 0.15) is 5.56 Å². The Morgan fingerprint density at radius 3 is 2.61 bits per heavy atom. The van der Waals surface area contributed by atoms with E-state index in [-0.39, 0.29) is 11.7 Å². The molecule has 5 rings (SSSR count). The number of benzene rings is 2. The van der Waals surface area contributed by atoms with Crippen LogP contribution in [0.5, 0.6) is 0 Å². The number of hydrogen-bond donors (Lipinski definition) is 1. The number of rotatable bonds is 6. The van der Waals surface area contributed by atoms with Crippen LogP contribution < -0.4 is 5.32 Å². The summed E-state index contributed by atoms with van der Waals surface area (Å²) in [5, 5.41) is 12.0. The van der Waals surface area contributed by atoms with Gasteiger partial charge in [0.1, 0.15) is 17.2 Å². The summed E-state index contributed by atoms with van der Waals surface area (Å²) in [6, 6.07) is 20.8. The molecule has 0 radical (unpaired) electrons. The van der Waals surface area contributed by atoms with E-state index in [0.29, 0.717) is 27.6 Å². The molecule has 7 nitrogen and oxygen atoms in total. The summed E-state index contributed by atoms with van der Waals surface area (Å²) in [5.41, 5.74) is 4.21. The van der Waals surface area contributed by atoms with Crippen LogP contribution in [0, 0.1) is 6.92 Å². The molecule has 164 valence electrons. The van der Waals surface area contributed by atoms with Crippen LogP contribution in [0.15, 0.2) is 82.6 Å². The summed E-state index contributed by atoms with van der Waals surface area (Å²) in [6.45, 7) is 1.99. The number of fused-ring (bicyclic) bond motifs is 1. The molecule has 2 aromatic carbocycles. The summed E-state index contributed by atoms with van der Waals surface area (Å²) in [6.07, 6.45) is 1.89. The molecule has 0 spiro atoms. The molecule has 0 saturated heterocycles. The molecule has 1 N–H and O–H groups in total. The van der Waals surface area contributed by atoms with Crippen LogP contribution in [-0.4, -0.2) is 31.2 Å². The van der Waals surface area contributed by atoms with Crippen molar-refractivity contribution in [3.05, 3.63) is 83.5 Å². The highest BCUT2D eigenvalue weighted by molar-refractivity contribution is 7.99. The minimum Gasteiger partial charge on any atom is -0.411 e. The number of carbonyl (C=O) groups excluding carboxylic acids is 1. The fraction of sp³-hybridized carbons (Fsp3) is 0.0833. The van der Waals surface area contributed by atoms with E-state index >= 15 is 0 Å². The van der Waals surface area contributed by atoms with Gasteiger partial charge in [-0.15, -0.1) is 10.2 Å². The molecule has 0 unspecified atom stereocenters. The number of aromatic nitrogens is 4. The molecule has 0 bridgehead atoms. The first-order valence-corrected chi connectivity index (χ1v) is 11.5. The van der Waals surface area contributed by atoms with Gasteiger partial charge in [0.05, 0.1) is 5.75 Å². The van der Waals surface area contributed by atoms with Crippen LogP contribution >= 0.6 is 23.4 Å². The van der Waals surface area contributed by atoms with Gasteiger partial charge in [-0.3, -0.25) is 9.20 Å². The van der Waals surface area contributed by atoms with E-state index < -0.39 is 0 Å². The minimum absolute atomic E-state index is 0.107. The van der Waals surface area contributed by atoms with Gasteiger partial charge in [-0.05, 0) is 42.8 Å². The highest BCUT2D eigenvalue weighted by Crippen LogP contribution is 2.30. The SMILES string of the molecule is Cc1cccn2c(NC(=O)CSc3nnc(-c4ccc(Cl)cc4)o3)c(-c3ccccc3)nc12. The number of aryl methyl sites for hydroxylation is 1. The van der Waals surface area contributed by atoms with Gasteiger partial charge in [0, 0.05) is 22.3 Å². The highest BCUT2D eigenvalue weighted by Gasteiger charge is 2.18. The highest BCUT2D eigenvalue weighted by atomic mass is 35.5. The smallest absolute Gasteiger partial charge is 0.277 e. The third kappa shape index (κ3) is 4.48. The third-order valence-corrected chi connectivity index (χ3v) is 6.05. The van der Waals surface area contributed by atoms with E-state index in [2.05, 4.69) is 15.5 Å². The van der Waals surface area contributed by atoms with Crippen molar-refractivity contribution in [2.24, 2.45) is 0 Å². The van der Waals surface area contributed by atoms with Crippen LogP contribution in [-0.2, 0) is 4.79 Å². The second-order valence-corrected chi connectivity index (χ2v) is 8.64. The molecule has 0 aliphatic carbocycles. The number of nitrogens with zero attached hydrogens (tertiary/aromatic N) is 4. The zero-order valence-electron chi connectivity index (χ0n) is 17.5. The van der Waals surface area contributed by atoms with Crippen molar-refractivity contribution in [1.82, 2.24) is 19.6 Å². The molecule has 0 saturated carbocycles. The zero-order valence-corrected chi connectivity index (χ0v) is 19.1. The van der Waals surface area contributed by atoms with Gasteiger partial charge in [0.2, 0.25) is 11.8 Å². The molecule has 5 aromatic rings. The summed E-state index contributed by atoms with van der Waals surface area (Å²) >= 11 is 7.09. The van der Waals surface area contributed by atoms with Crippen molar-refractivity contribution in [3.8, 4) is 22.7 Å². The fourth-order valence-corrected chi connectivity index (χ4v) is 4.08. The van der Waals surface area contributed by atoms with Crippen molar-refractivity contribution in [2.75, 3.05) is 11.1 Å². The van der Waals surface area contributed by atoms with E-state index in [1.807, 2.05) is 60.0 Å². The molecular formula is C24H18ClN5O2S. The number of anilines is 1. The Morgan fingerprint density at radius 2 is 1.82 bits per heavy atom. The van der Waals surface area contributed by atoms with E-state index in [1.165, 1.54) is 11.8 Å². The lowest BCUT2D eigenvalue weighted by Gasteiger charge is -2.07. The fourth-order valence-electron chi connectivity index (χ4n) is 3.39. The van der Waals surface area contributed by atoms with E-state index in [4.69, 9.17) is 21.0 Å². The van der Waals surface area contributed by atoms with Gasteiger partial charge in [-0.1, -0.05) is 59.8 Å². The molecule has 3 aromatic heterocycles. The number of hydrogen-bond acceptors (Lipinski definition) is 6. The zero-order chi connectivity index (χ0) is 22.8. The Morgan fingerprint density at radius 1 is 1.03 bits per heavy atom. The van der Waals surface area contributed by atoms with E-state index in [0.717, 1.165) is 22.3 Å². The maximum Gasteiger partial charge on any atom is 0.277 e. The monoisotopic (exact) mass is 475 g/mol. The lowest BCUT2D eigenvalue weighted by atomic mass is 10.1. The number of nitrogens with one attached hydrogen (secondary N) is 1. The Balaban J connectivity index is 1.35. The van der Waals surface area contributed by atoms with Crippen LogP contribution in [0.2, 0.25) is 5.02 Å². The number of amides is 1. The standard InChI is InChI=1S/C24H18ClN5O2S/c1-15-6-5-13-30-21(15)27-20(16-7-3-2-4-8-16)22(30)26-19(31)14-33-24-29-28-23(32-24)17-9-11-18(25)12-10-17/h2-13H,14H2,1H3,(H,26,31). The predicted octanol–water partition coefficient (Wildman–Crippen LogP) is 5.74. The normalized spacial score (nSPS) is 11.1. The van der Waals surface area contributed by atoms with Crippen molar-refractivity contribution in [3.63, 3.8) is 0 Å². The maximum atomic E-state index is 12.8. The lowest BCUT2D eigenvalue weighted by Crippen LogP contribution is -2.16. The van der Waals surface area contributed by atoms with Gasteiger partial charge >= 0.3 is 0 Å².